The van der Waals surface area contributed by atoms with Crippen molar-refractivity contribution in [3.8, 4) is 12.3 Å². The van der Waals surface area contributed by atoms with Crippen LogP contribution >= 0.6 is 0 Å². The van der Waals surface area contributed by atoms with Gasteiger partial charge in [-0.05, 0) is 11.5 Å². The summed E-state index contributed by atoms with van der Waals surface area (Å²) in [5.74, 6) is 1.65. The Balaban J connectivity index is 1.69. The van der Waals surface area contributed by atoms with Crippen molar-refractivity contribution < 1.29 is 24.2 Å². The Morgan fingerprint density at radius 2 is 2.08 bits per heavy atom. The predicted octanol–water partition coefficient (Wildman–Crippen LogP) is 1.05. The molecule has 0 spiro atoms. The first kappa shape index (κ1) is 17.9. The van der Waals surface area contributed by atoms with Gasteiger partial charge in [0, 0.05) is 19.3 Å². The van der Waals surface area contributed by atoms with Crippen molar-refractivity contribution in [3.63, 3.8) is 0 Å². The van der Waals surface area contributed by atoms with E-state index in [-0.39, 0.29) is 24.8 Å². The lowest BCUT2D eigenvalue weighted by Crippen LogP contribution is -2.60. The van der Waals surface area contributed by atoms with Crippen molar-refractivity contribution in [2.24, 2.45) is 0 Å². The van der Waals surface area contributed by atoms with E-state index >= 15 is 0 Å². The van der Waals surface area contributed by atoms with Crippen molar-refractivity contribution in [1.82, 2.24) is 0 Å². The summed E-state index contributed by atoms with van der Waals surface area (Å²) in [6, 6.07) is 9.38. The number of fused-ring (bicyclic) bond motifs is 2. The number of aliphatic hydroxyl groups is 2. The molecule has 0 aliphatic carbocycles. The number of carbonyl (C=O) groups is 1. The number of hydrogen-bond acceptors (Lipinski definition) is 4. The Labute approximate surface area is 148 Å². The minimum absolute atomic E-state index is 0.00287. The summed E-state index contributed by atoms with van der Waals surface area (Å²) in [7, 11) is 2.09. The average molecular weight is 344 g/mol. The second-order valence-electron chi connectivity index (χ2n) is 7.41. The largest absolute Gasteiger partial charge is 0.461 e. The van der Waals surface area contributed by atoms with Crippen molar-refractivity contribution in [2.75, 3.05) is 20.2 Å². The van der Waals surface area contributed by atoms with Crippen molar-refractivity contribution in [2.45, 2.75) is 49.5 Å². The molecule has 0 saturated carbocycles. The standard InChI is InChI=1S/C20H26NO4/c1-3-9-21(2)15-10-16(12-18(21)19(23)11-15)25-20(24)17(13-22)14-7-5-4-6-8-14/h1,4-8,15-19,22-23H,9-13H2,2H3/q+1/t15-,16+,17-,18+,19-,21?/m1/s1. The van der Waals surface area contributed by atoms with Crippen LogP contribution in [-0.2, 0) is 9.53 Å². The van der Waals surface area contributed by atoms with Gasteiger partial charge in [0.15, 0.2) is 0 Å². The van der Waals surface area contributed by atoms with Crippen LogP contribution in [-0.4, -0.2) is 65.2 Å². The number of terminal acetylenes is 1. The number of carbonyl (C=O) groups excluding carboxylic acids is 1. The van der Waals surface area contributed by atoms with Gasteiger partial charge in [-0.3, -0.25) is 4.79 Å². The molecule has 3 rings (SSSR count). The zero-order valence-corrected chi connectivity index (χ0v) is 14.5. The summed E-state index contributed by atoms with van der Waals surface area (Å²) in [6.07, 6.45) is 6.87. The summed E-state index contributed by atoms with van der Waals surface area (Å²) in [6.45, 7) is 0.298. The van der Waals surface area contributed by atoms with Crippen molar-refractivity contribution >= 4 is 5.97 Å². The lowest BCUT2D eigenvalue weighted by Gasteiger charge is -2.45. The van der Waals surface area contributed by atoms with Gasteiger partial charge in [-0.2, -0.15) is 0 Å². The molecule has 2 fully saturated rings. The third-order valence-electron chi connectivity index (χ3n) is 5.97. The number of aliphatic hydroxyl groups excluding tert-OH is 2. The molecule has 6 atom stereocenters. The molecule has 2 saturated heterocycles. The Morgan fingerprint density at radius 3 is 2.68 bits per heavy atom. The molecule has 1 aromatic carbocycles. The maximum Gasteiger partial charge on any atom is 0.316 e. The fraction of sp³-hybridized carbons (Fsp3) is 0.550. The first-order chi connectivity index (χ1) is 12.0. The third-order valence-corrected chi connectivity index (χ3v) is 5.97. The number of likely N-dealkylation sites (N-methyl/N-ethyl adjacent to an activating group) is 1. The number of hydrogen-bond donors (Lipinski definition) is 2. The Morgan fingerprint density at radius 1 is 1.36 bits per heavy atom. The van der Waals surface area contributed by atoms with Gasteiger partial charge >= 0.3 is 5.97 Å². The van der Waals surface area contributed by atoms with E-state index in [0.29, 0.717) is 30.3 Å². The van der Waals surface area contributed by atoms with Gasteiger partial charge in [0.25, 0.3) is 0 Å². The second kappa shape index (κ2) is 7.17. The van der Waals surface area contributed by atoms with Gasteiger partial charge in [0.05, 0.1) is 19.7 Å². The zero-order valence-electron chi connectivity index (χ0n) is 14.5. The molecular weight excluding hydrogens is 318 g/mol. The van der Waals surface area contributed by atoms with Crippen LogP contribution in [0.4, 0.5) is 0 Å². The molecule has 2 bridgehead atoms. The van der Waals surface area contributed by atoms with Crippen LogP contribution in [0.15, 0.2) is 30.3 Å². The predicted molar refractivity (Wildman–Crippen MR) is 93.5 cm³/mol. The molecular formula is C20H26NO4+. The van der Waals surface area contributed by atoms with Gasteiger partial charge in [0.2, 0.25) is 0 Å². The highest BCUT2D eigenvalue weighted by atomic mass is 16.5. The van der Waals surface area contributed by atoms with Gasteiger partial charge < -0.3 is 19.4 Å². The molecule has 2 aliphatic rings. The molecule has 1 aromatic rings. The Kier molecular flexibility index (Phi) is 5.14. The summed E-state index contributed by atoms with van der Waals surface area (Å²) in [5.41, 5.74) is 0.752. The summed E-state index contributed by atoms with van der Waals surface area (Å²) >= 11 is 0. The molecule has 5 heteroatoms. The average Bonchev–Trinajstić information content (AvgIpc) is 2.72. The highest BCUT2D eigenvalue weighted by Gasteiger charge is 2.56. The number of quaternary nitrogens is 1. The van der Waals surface area contributed by atoms with Gasteiger partial charge in [-0.25, -0.2) is 0 Å². The molecule has 5 nitrogen and oxygen atoms in total. The van der Waals surface area contributed by atoms with Crippen LogP contribution < -0.4 is 0 Å². The van der Waals surface area contributed by atoms with E-state index in [1.54, 1.807) is 0 Å². The topological polar surface area (TPSA) is 66.8 Å². The Bertz CT molecular complexity index is 655. The number of rotatable bonds is 5. The lowest BCUT2D eigenvalue weighted by atomic mass is 9.95. The van der Waals surface area contributed by atoms with Crippen molar-refractivity contribution in [1.29, 1.82) is 0 Å². The van der Waals surface area contributed by atoms with Crippen LogP contribution in [0.5, 0.6) is 0 Å². The highest BCUT2D eigenvalue weighted by molar-refractivity contribution is 5.78. The van der Waals surface area contributed by atoms with E-state index in [9.17, 15) is 15.0 Å². The molecule has 2 aliphatic heterocycles. The number of ether oxygens (including phenoxy) is 1. The molecule has 0 amide bonds. The number of esters is 1. The number of nitrogens with zero attached hydrogens (tertiary/aromatic N) is 1. The fourth-order valence-electron chi connectivity index (χ4n) is 4.53. The quantitative estimate of drug-likeness (QED) is 0.476. The number of benzene rings is 1. The molecule has 2 heterocycles. The van der Waals surface area contributed by atoms with E-state index in [1.165, 1.54) is 0 Å². The smallest absolute Gasteiger partial charge is 0.316 e. The van der Waals surface area contributed by atoms with Gasteiger partial charge in [-0.15, -0.1) is 6.42 Å². The summed E-state index contributed by atoms with van der Waals surface area (Å²) in [4.78, 5) is 12.6. The van der Waals surface area contributed by atoms with Crippen LogP contribution in [0.25, 0.3) is 0 Å². The molecule has 2 N–H and O–H groups in total. The minimum Gasteiger partial charge on any atom is -0.461 e. The first-order valence-electron chi connectivity index (χ1n) is 8.82. The van der Waals surface area contributed by atoms with E-state index in [4.69, 9.17) is 11.2 Å². The maximum atomic E-state index is 12.6. The molecule has 134 valence electrons. The second-order valence-corrected chi connectivity index (χ2v) is 7.41. The molecule has 1 unspecified atom stereocenters. The molecule has 25 heavy (non-hydrogen) atoms. The normalized spacial score (nSPS) is 35.0. The lowest BCUT2D eigenvalue weighted by molar-refractivity contribution is -0.944. The van der Waals surface area contributed by atoms with Crippen molar-refractivity contribution in [3.05, 3.63) is 35.9 Å². The first-order valence-corrected chi connectivity index (χ1v) is 8.82. The van der Waals surface area contributed by atoms with Gasteiger partial charge in [-0.1, -0.05) is 30.3 Å². The molecule has 0 radical (unpaired) electrons. The van der Waals surface area contributed by atoms with E-state index in [1.807, 2.05) is 30.3 Å². The minimum atomic E-state index is -0.669. The fourth-order valence-corrected chi connectivity index (χ4v) is 4.53. The van der Waals surface area contributed by atoms with Gasteiger partial charge in [0.1, 0.15) is 30.7 Å². The maximum absolute atomic E-state index is 12.6. The molecule has 0 aromatic heterocycles. The monoisotopic (exact) mass is 344 g/mol. The van der Waals surface area contributed by atoms with E-state index in [2.05, 4.69) is 13.0 Å². The summed E-state index contributed by atoms with van der Waals surface area (Å²) in [5, 5.41) is 20.0. The van der Waals surface area contributed by atoms with Crippen LogP contribution in [0.1, 0.15) is 30.7 Å². The van der Waals surface area contributed by atoms with Crippen LogP contribution in [0.2, 0.25) is 0 Å². The van der Waals surface area contributed by atoms with Crippen LogP contribution in [0, 0.1) is 12.3 Å². The SMILES string of the molecule is C#CC[N+]1(C)[C@@H]2C[C@H](OC(=O)[C@H](CO)c3ccccc3)C[C@H]1[C@H](O)C2. The number of piperidine rings is 1. The summed E-state index contributed by atoms with van der Waals surface area (Å²) < 4.78 is 6.39. The zero-order chi connectivity index (χ0) is 18.0. The van der Waals surface area contributed by atoms with E-state index < -0.39 is 18.0 Å². The third kappa shape index (κ3) is 3.30. The highest BCUT2D eigenvalue weighted by Crippen LogP contribution is 2.42. The Hall–Kier alpha value is -1.87. The van der Waals surface area contributed by atoms with E-state index in [0.717, 1.165) is 5.56 Å². The van der Waals surface area contributed by atoms with Crippen LogP contribution in [0.3, 0.4) is 0 Å².